The zero-order chi connectivity index (χ0) is 14.4. The van der Waals surface area contributed by atoms with E-state index in [1.165, 1.54) is 6.07 Å². The van der Waals surface area contributed by atoms with Crippen LogP contribution in [0, 0.1) is 5.82 Å². The van der Waals surface area contributed by atoms with E-state index in [9.17, 15) is 9.18 Å². The second kappa shape index (κ2) is 7.06. The van der Waals surface area contributed by atoms with Crippen LogP contribution in [0.25, 0.3) is 0 Å². The van der Waals surface area contributed by atoms with Crippen molar-refractivity contribution in [2.75, 3.05) is 0 Å². The van der Waals surface area contributed by atoms with Gasteiger partial charge in [0.1, 0.15) is 5.82 Å². The maximum atomic E-state index is 13.4. The van der Waals surface area contributed by atoms with Gasteiger partial charge >= 0.3 is 0 Å². The SMILES string of the molecule is O=C(CCc1ccccc1F)NCc1ccc(Cl)cc1. The molecule has 0 aromatic heterocycles. The van der Waals surface area contributed by atoms with Crippen LogP contribution in [-0.4, -0.2) is 5.91 Å². The maximum absolute atomic E-state index is 13.4. The molecule has 0 unspecified atom stereocenters. The van der Waals surface area contributed by atoms with Crippen LogP contribution >= 0.6 is 11.6 Å². The molecule has 0 saturated carbocycles. The summed E-state index contributed by atoms with van der Waals surface area (Å²) in [6, 6.07) is 13.8. The predicted octanol–water partition coefficient (Wildman–Crippen LogP) is 3.73. The lowest BCUT2D eigenvalue weighted by Crippen LogP contribution is -2.23. The van der Waals surface area contributed by atoms with E-state index < -0.39 is 0 Å². The van der Waals surface area contributed by atoms with E-state index in [-0.39, 0.29) is 18.1 Å². The van der Waals surface area contributed by atoms with Gasteiger partial charge in [0, 0.05) is 18.0 Å². The van der Waals surface area contributed by atoms with Crippen LogP contribution in [0.5, 0.6) is 0 Å². The fourth-order valence-electron chi connectivity index (χ4n) is 1.84. The number of nitrogens with one attached hydrogen (secondary N) is 1. The van der Waals surface area contributed by atoms with Gasteiger partial charge in [-0.25, -0.2) is 4.39 Å². The number of hydrogen-bond acceptors (Lipinski definition) is 1. The number of amides is 1. The lowest BCUT2D eigenvalue weighted by atomic mass is 10.1. The molecular formula is C16H15ClFNO. The van der Waals surface area contributed by atoms with Gasteiger partial charge in [-0.1, -0.05) is 41.9 Å². The first-order valence-electron chi connectivity index (χ1n) is 6.40. The Morgan fingerprint density at radius 1 is 1.10 bits per heavy atom. The summed E-state index contributed by atoms with van der Waals surface area (Å²) in [7, 11) is 0. The average Bonchev–Trinajstić information content (AvgIpc) is 2.46. The first-order chi connectivity index (χ1) is 9.65. The standard InChI is InChI=1S/C16H15ClFNO/c17-14-8-5-12(6-9-14)11-19-16(20)10-7-13-3-1-2-4-15(13)18/h1-6,8-9H,7,10-11H2,(H,19,20). The van der Waals surface area contributed by atoms with Crippen molar-refractivity contribution >= 4 is 17.5 Å². The van der Waals surface area contributed by atoms with Gasteiger partial charge in [0.15, 0.2) is 0 Å². The fraction of sp³-hybridized carbons (Fsp3) is 0.188. The van der Waals surface area contributed by atoms with Gasteiger partial charge in [-0.15, -0.1) is 0 Å². The normalized spacial score (nSPS) is 10.3. The zero-order valence-electron chi connectivity index (χ0n) is 10.9. The summed E-state index contributed by atoms with van der Waals surface area (Å²) in [5.41, 5.74) is 1.54. The maximum Gasteiger partial charge on any atom is 0.220 e. The van der Waals surface area contributed by atoms with Crippen LogP contribution in [-0.2, 0) is 17.8 Å². The molecule has 2 aromatic carbocycles. The van der Waals surface area contributed by atoms with E-state index >= 15 is 0 Å². The third kappa shape index (κ3) is 4.35. The van der Waals surface area contributed by atoms with Gasteiger partial charge in [-0.2, -0.15) is 0 Å². The van der Waals surface area contributed by atoms with E-state index in [2.05, 4.69) is 5.32 Å². The Hall–Kier alpha value is -1.87. The topological polar surface area (TPSA) is 29.1 Å². The Morgan fingerprint density at radius 2 is 1.80 bits per heavy atom. The minimum atomic E-state index is -0.266. The number of benzene rings is 2. The highest BCUT2D eigenvalue weighted by atomic mass is 35.5. The smallest absolute Gasteiger partial charge is 0.220 e. The fourth-order valence-corrected chi connectivity index (χ4v) is 1.97. The molecule has 2 rings (SSSR count). The van der Waals surface area contributed by atoms with Crippen LogP contribution in [0.15, 0.2) is 48.5 Å². The largest absolute Gasteiger partial charge is 0.352 e. The third-order valence-corrected chi connectivity index (χ3v) is 3.23. The number of carbonyl (C=O) groups excluding carboxylic acids is 1. The zero-order valence-corrected chi connectivity index (χ0v) is 11.7. The highest BCUT2D eigenvalue weighted by molar-refractivity contribution is 6.30. The molecule has 20 heavy (non-hydrogen) atoms. The molecule has 2 aromatic rings. The Kier molecular flexibility index (Phi) is 5.13. The summed E-state index contributed by atoms with van der Waals surface area (Å²) in [5.74, 6) is -0.360. The van der Waals surface area contributed by atoms with Crippen molar-refractivity contribution in [1.29, 1.82) is 0 Å². The molecule has 0 radical (unpaired) electrons. The summed E-state index contributed by atoms with van der Waals surface area (Å²) >= 11 is 5.78. The average molecular weight is 292 g/mol. The van der Waals surface area contributed by atoms with Crippen LogP contribution in [0.1, 0.15) is 17.5 Å². The van der Waals surface area contributed by atoms with Gasteiger partial charge in [-0.05, 0) is 35.7 Å². The van der Waals surface area contributed by atoms with Crippen LogP contribution in [0.4, 0.5) is 4.39 Å². The molecule has 4 heteroatoms. The minimum absolute atomic E-state index is 0.0943. The summed E-state index contributed by atoms with van der Waals surface area (Å²) in [6.07, 6.45) is 0.674. The van der Waals surface area contributed by atoms with Crippen molar-refractivity contribution in [2.45, 2.75) is 19.4 Å². The molecule has 0 aliphatic heterocycles. The van der Waals surface area contributed by atoms with Crippen LogP contribution in [0.3, 0.4) is 0 Å². The summed E-state index contributed by atoms with van der Waals surface area (Å²) in [6.45, 7) is 0.452. The molecule has 0 bridgehead atoms. The second-order valence-electron chi connectivity index (χ2n) is 4.49. The van der Waals surface area contributed by atoms with Crippen molar-refractivity contribution in [1.82, 2.24) is 5.32 Å². The lowest BCUT2D eigenvalue weighted by molar-refractivity contribution is -0.121. The van der Waals surface area contributed by atoms with E-state index in [1.54, 1.807) is 30.3 Å². The first kappa shape index (κ1) is 14.5. The quantitative estimate of drug-likeness (QED) is 0.893. The molecular weight excluding hydrogens is 277 g/mol. The molecule has 0 atom stereocenters. The summed E-state index contributed by atoms with van der Waals surface area (Å²) in [4.78, 5) is 11.7. The Labute approximate surface area is 122 Å². The molecule has 0 fully saturated rings. The number of aryl methyl sites for hydroxylation is 1. The van der Waals surface area contributed by atoms with Gasteiger partial charge in [0.2, 0.25) is 5.91 Å². The lowest BCUT2D eigenvalue weighted by Gasteiger charge is -2.06. The van der Waals surface area contributed by atoms with E-state index in [1.807, 2.05) is 12.1 Å². The molecule has 0 aliphatic rings. The number of carbonyl (C=O) groups is 1. The van der Waals surface area contributed by atoms with E-state index in [4.69, 9.17) is 11.6 Å². The molecule has 2 nitrogen and oxygen atoms in total. The van der Waals surface area contributed by atoms with Gasteiger partial charge in [0.05, 0.1) is 0 Å². The van der Waals surface area contributed by atoms with Crippen molar-refractivity contribution in [3.05, 3.63) is 70.5 Å². The summed E-state index contributed by atoms with van der Waals surface area (Å²) in [5, 5.41) is 3.47. The van der Waals surface area contributed by atoms with Gasteiger partial charge in [0.25, 0.3) is 0 Å². The van der Waals surface area contributed by atoms with Crippen molar-refractivity contribution < 1.29 is 9.18 Å². The highest BCUT2D eigenvalue weighted by Crippen LogP contribution is 2.10. The molecule has 0 saturated heterocycles. The van der Waals surface area contributed by atoms with Gasteiger partial charge in [-0.3, -0.25) is 4.79 Å². The molecule has 0 aliphatic carbocycles. The molecule has 1 N–H and O–H groups in total. The Morgan fingerprint density at radius 3 is 2.50 bits per heavy atom. The predicted molar refractivity (Wildman–Crippen MR) is 78.0 cm³/mol. The van der Waals surface area contributed by atoms with E-state index in [0.717, 1.165) is 5.56 Å². The number of hydrogen-bond donors (Lipinski definition) is 1. The minimum Gasteiger partial charge on any atom is -0.352 e. The second-order valence-corrected chi connectivity index (χ2v) is 4.93. The van der Waals surface area contributed by atoms with E-state index in [0.29, 0.717) is 23.6 Å². The van der Waals surface area contributed by atoms with Crippen molar-refractivity contribution in [3.8, 4) is 0 Å². The number of rotatable bonds is 5. The number of halogens is 2. The monoisotopic (exact) mass is 291 g/mol. The van der Waals surface area contributed by atoms with Crippen molar-refractivity contribution in [3.63, 3.8) is 0 Å². The molecule has 0 spiro atoms. The van der Waals surface area contributed by atoms with Crippen LogP contribution < -0.4 is 5.32 Å². The molecule has 1 amide bonds. The first-order valence-corrected chi connectivity index (χ1v) is 6.77. The molecule has 0 heterocycles. The third-order valence-electron chi connectivity index (χ3n) is 2.98. The summed E-state index contributed by atoms with van der Waals surface area (Å²) < 4.78 is 13.4. The molecule has 104 valence electrons. The van der Waals surface area contributed by atoms with Crippen LogP contribution in [0.2, 0.25) is 5.02 Å². The Bertz CT molecular complexity index is 583. The van der Waals surface area contributed by atoms with Gasteiger partial charge < -0.3 is 5.32 Å². The highest BCUT2D eigenvalue weighted by Gasteiger charge is 2.05. The van der Waals surface area contributed by atoms with Crippen molar-refractivity contribution in [2.24, 2.45) is 0 Å². The Balaban J connectivity index is 1.78.